The molecule has 0 unspecified atom stereocenters. The van der Waals surface area contributed by atoms with Crippen molar-refractivity contribution in [2.75, 3.05) is 56.6 Å². The van der Waals surface area contributed by atoms with E-state index in [9.17, 15) is 0 Å². The molecule has 0 atom stereocenters. The normalized spacial score (nSPS) is 16.2. The van der Waals surface area contributed by atoms with Gasteiger partial charge in [-0.25, -0.2) is 9.97 Å². The Morgan fingerprint density at radius 3 is 2.55 bits per heavy atom. The molecule has 1 aliphatic rings. The lowest BCUT2D eigenvalue weighted by Crippen LogP contribution is -2.47. The minimum Gasteiger partial charge on any atom is -0.490 e. The van der Waals surface area contributed by atoms with Crippen LogP contribution in [0.15, 0.2) is 6.33 Å². The van der Waals surface area contributed by atoms with Crippen molar-refractivity contribution in [1.29, 1.82) is 0 Å². The number of aromatic nitrogens is 2. The van der Waals surface area contributed by atoms with E-state index >= 15 is 0 Å². The van der Waals surface area contributed by atoms with Crippen LogP contribution in [0.4, 0.5) is 11.6 Å². The molecule has 6 nitrogen and oxygen atoms in total. The fraction of sp³-hybridized carbons (Fsp3) is 0.714. The zero-order valence-electron chi connectivity index (χ0n) is 12.7. The van der Waals surface area contributed by atoms with E-state index in [-0.39, 0.29) is 0 Å². The minimum absolute atomic E-state index is 0.748. The first kappa shape index (κ1) is 14.8. The summed E-state index contributed by atoms with van der Waals surface area (Å²) in [5.41, 5.74) is 0. The number of nitrogens with zero attached hydrogens (tertiary/aromatic N) is 4. The van der Waals surface area contributed by atoms with Crippen LogP contribution in [-0.4, -0.2) is 61.2 Å². The zero-order chi connectivity index (χ0) is 14.4. The first-order chi connectivity index (χ1) is 9.80. The van der Waals surface area contributed by atoms with E-state index in [1.807, 2.05) is 6.92 Å². The Morgan fingerprint density at radius 1 is 1.20 bits per heavy atom. The van der Waals surface area contributed by atoms with Crippen molar-refractivity contribution >= 4 is 11.6 Å². The van der Waals surface area contributed by atoms with Crippen LogP contribution in [0.2, 0.25) is 0 Å². The van der Waals surface area contributed by atoms with E-state index in [4.69, 9.17) is 4.74 Å². The number of rotatable bonds is 6. The van der Waals surface area contributed by atoms with Crippen molar-refractivity contribution in [1.82, 2.24) is 14.9 Å². The maximum Gasteiger partial charge on any atom is 0.204 e. The molecule has 1 fully saturated rings. The second-order valence-corrected chi connectivity index (χ2v) is 4.94. The van der Waals surface area contributed by atoms with Crippen molar-refractivity contribution < 1.29 is 4.74 Å². The third kappa shape index (κ3) is 3.30. The largest absolute Gasteiger partial charge is 0.490 e. The number of nitrogens with one attached hydrogen (secondary N) is 1. The first-order valence-corrected chi connectivity index (χ1v) is 7.40. The predicted molar refractivity (Wildman–Crippen MR) is 81.7 cm³/mol. The van der Waals surface area contributed by atoms with Crippen molar-refractivity contribution in [3.8, 4) is 5.75 Å². The zero-order valence-corrected chi connectivity index (χ0v) is 12.7. The van der Waals surface area contributed by atoms with E-state index in [1.165, 1.54) is 13.0 Å². The fourth-order valence-electron chi connectivity index (χ4n) is 2.57. The highest BCUT2D eigenvalue weighted by atomic mass is 16.5. The van der Waals surface area contributed by atoms with Gasteiger partial charge in [-0.1, -0.05) is 6.92 Å². The molecular formula is C14H25N5O. The quantitative estimate of drug-likeness (QED) is 0.850. The predicted octanol–water partition coefficient (Wildman–Crippen LogP) is 1.45. The summed E-state index contributed by atoms with van der Waals surface area (Å²) in [4.78, 5) is 13.5. The third-order valence-corrected chi connectivity index (χ3v) is 3.55. The van der Waals surface area contributed by atoms with Gasteiger partial charge in [0.1, 0.15) is 6.33 Å². The number of methoxy groups -OCH3 is 1. The summed E-state index contributed by atoms with van der Waals surface area (Å²) < 4.78 is 5.51. The summed E-state index contributed by atoms with van der Waals surface area (Å²) in [6.45, 7) is 10.4. The lowest BCUT2D eigenvalue weighted by molar-refractivity contribution is 0.257. The van der Waals surface area contributed by atoms with Crippen LogP contribution >= 0.6 is 0 Å². The molecule has 20 heavy (non-hydrogen) atoms. The van der Waals surface area contributed by atoms with Crippen molar-refractivity contribution in [3.63, 3.8) is 0 Å². The molecule has 0 spiro atoms. The van der Waals surface area contributed by atoms with Crippen molar-refractivity contribution in [3.05, 3.63) is 6.33 Å². The summed E-state index contributed by atoms with van der Waals surface area (Å²) in [7, 11) is 1.68. The van der Waals surface area contributed by atoms with E-state index < -0.39 is 0 Å². The Labute approximate surface area is 121 Å². The van der Waals surface area contributed by atoms with Crippen LogP contribution in [0, 0.1) is 0 Å². The highest BCUT2D eigenvalue weighted by Crippen LogP contribution is 2.32. The molecule has 0 radical (unpaired) electrons. The number of hydrogen-bond donors (Lipinski definition) is 1. The van der Waals surface area contributed by atoms with Gasteiger partial charge in [-0.15, -0.1) is 0 Å². The van der Waals surface area contributed by atoms with Crippen LogP contribution in [0.3, 0.4) is 0 Å². The minimum atomic E-state index is 0.748. The molecule has 1 N–H and O–H groups in total. The SMILES string of the molecule is CCCN1CCN(c2ncnc(NCC)c2OC)CC1. The second kappa shape index (κ2) is 7.28. The van der Waals surface area contributed by atoms with E-state index in [0.29, 0.717) is 0 Å². The Kier molecular flexibility index (Phi) is 5.40. The summed E-state index contributed by atoms with van der Waals surface area (Å²) in [6.07, 6.45) is 2.82. The maximum absolute atomic E-state index is 5.51. The van der Waals surface area contributed by atoms with E-state index in [1.54, 1.807) is 13.4 Å². The van der Waals surface area contributed by atoms with Crippen LogP contribution in [-0.2, 0) is 0 Å². The average molecular weight is 279 g/mol. The van der Waals surface area contributed by atoms with Gasteiger partial charge in [-0.2, -0.15) is 0 Å². The highest BCUT2D eigenvalue weighted by Gasteiger charge is 2.22. The van der Waals surface area contributed by atoms with Crippen LogP contribution < -0.4 is 15.0 Å². The molecule has 0 amide bonds. The summed E-state index contributed by atoms with van der Waals surface area (Å²) >= 11 is 0. The molecule has 1 aromatic rings. The van der Waals surface area contributed by atoms with Crippen LogP contribution in [0.25, 0.3) is 0 Å². The Hall–Kier alpha value is -1.56. The molecule has 0 aliphatic carbocycles. The number of anilines is 2. The highest BCUT2D eigenvalue weighted by molar-refractivity contribution is 5.64. The summed E-state index contributed by atoms with van der Waals surface area (Å²) in [5, 5.41) is 3.22. The van der Waals surface area contributed by atoms with Crippen molar-refractivity contribution in [2.45, 2.75) is 20.3 Å². The number of ether oxygens (including phenoxy) is 1. The third-order valence-electron chi connectivity index (χ3n) is 3.55. The molecular weight excluding hydrogens is 254 g/mol. The van der Waals surface area contributed by atoms with E-state index in [0.717, 1.165) is 50.1 Å². The van der Waals surface area contributed by atoms with Gasteiger partial charge < -0.3 is 15.0 Å². The second-order valence-electron chi connectivity index (χ2n) is 4.94. The molecule has 1 saturated heterocycles. The van der Waals surface area contributed by atoms with Crippen LogP contribution in [0.1, 0.15) is 20.3 Å². The van der Waals surface area contributed by atoms with Gasteiger partial charge in [0.2, 0.25) is 5.75 Å². The molecule has 0 saturated carbocycles. The van der Waals surface area contributed by atoms with E-state index in [2.05, 4.69) is 32.0 Å². The summed E-state index contributed by atoms with van der Waals surface area (Å²) in [5.74, 6) is 2.42. The average Bonchev–Trinajstić information content (AvgIpc) is 2.48. The molecule has 6 heteroatoms. The first-order valence-electron chi connectivity index (χ1n) is 7.40. The summed E-state index contributed by atoms with van der Waals surface area (Å²) in [6, 6.07) is 0. The monoisotopic (exact) mass is 279 g/mol. The van der Waals surface area contributed by atoms with Gasteiger partial charge in [-0.05, 0) is 19.9 Å². The topological polar surface area (TPSA) is 53.5 Å². The van der Waals surface area contributed by atoms with Gasteiger partial charge in [0, 0.05) is 32.7 Å². The van der Waals surface area contributed by atoms with Gasteiger partial charge in [-0.3, -0.25) is 4.90 Å². The number of piperazine rings is 1. The van der Waals surface area contributed by atoms with Crippen molar-refractivity contribution in [2.24, 2.45) is 0 Å². The Balaban J connectivity index is 2.11. The van der Waals surface area contributed by atoms with Gasteiger partial charge in [0.15, 0.2) is 11.6 Å². The Bertz CT molecular complexity index is 418. The molecule has 1 aromatic heterocycles. The molecule has 0 bridgehead atoms. The smallest absolute Gasteiger partial charge is 0.204 e. The van der Waals surface area contributed by atoms with Gasteiger partial charge in [0.25, 0.3) is 0 Å². The molecule has 2 heterocycles. The number of hydrogen-bond acceptors (Lipinski definition) is 6. The molecule has 2 rings (SSSR count). The van der Waals surface area contributed by atoms with Gasteiger partial charge in [0.05, 0.1) is 7.11 Å². The molecule has 112 valence electrons. The Morgan fingerprint density at radius 2 is 1.95 bits per heavy atom. The maximum atomic E-state index is 5.51. The molecule has 0 aromatic carbocycles. The molecule has 1 aliphatic heterocycles. The lowest BCUT2D eigenvalue weighted by Gasteiger charge is -2.35. The van der Waals surface area contributed by atoms with Crippen LogP contribution in [0.5, 0.6) is 5.75 Å². The van der Waals surface area contributed by atoms with Gasteiger partial charge >= 0.3 is 0 Å². The lowest BCUT2D eigenvalue weighted by atomic mass is 10.3. The fourth-order valence-corrected chi connectivity index (χ4v) is 2.57. The standard InChI is InChI=1S/C14H25N5O/c1-4-6-18-7-9-19(10-8-18)14-12(20-3)13(15-5-2)16-11-17-14/h11H,4-10H2,1-3H3,(H,15,16,17).